The zero-order valence-corrected chi connectivity index (χ0v) is 16.3. The van der Waals surface area contributed by atoms with Gasteiger partial charge in [0.25, 0.3) is 0 Å². The Morgan fingerprint density at radius 2 is 1.76 bits per heavy atom. The molecule has 4 heteroatoms. The normalized spacial score (nSPS) is 11.6. The van der Waals surface area contributed by atoms with Gasteiger partial charge in [-0.2, -0.15) is 0 Å². The Labute approximate surface area is 155 Å². The van der Waals surface area contributed by atoms with Crippen molar-refractivity contribution in [1.29, 1.82) is 0 Å². The van der Waals surface area contributed by atoms with Crippen molar-refractivity contribution in [3.8, 4) is 5.69 Å². The molecular weight excluding hydrogens is 330 g/mol. The average Bonchev–Trinajstić information content (AvgIpc) is 2.87. The van der Waals surface area contributed by atoms with Gasteiger partial charge < -0.3 is 4.57 Å². The lowest BCUT2D eigenvalue weighted by atomic mass is 10.1. The van der Waals surface area contributed by atoms with Crippen LogP contribution in [0.3, 0.4) is 0 Å². The third-order valence-corrected chi connectivity index (χ3v) is 5.15. The van der Waals surface area contributed by atoms with Gasteiger partial charge in [-0.15, -0.1) is 0 Å². The Hall–Kier alpha value is -1.84. The molecule has 0 aliphatic carbocycles. The number of aromatic nitrogens is 2. The Morgan fingerprint density at radius 3 is 2.40 bits per heavy atom. The van der Waals surface area contributed by atoms with E-state index in [4.69, 9.17) is 16.6 Å². The van der Waals surface area contributed by atoms with E-state index >= 15 is 0 Å². The smallest absolute Gasteiger partial charge is 0.0640 e. The maximum atomic E-state index is 6.06. The molecule has 0 fully saturated rings. The Morgan fingerprint density at radius 1 is 1.04 bits per heavy atom. The fourth-order valence-electron chi connectivity index (χ4n) is 3.67. The highest BCUT2D eigenvalue weighted by Crippen LogP contribution is 2.31. The second-order valence-corrected chi connectivity index (χ2v) is 6.97. The molecule has 0 aliphatic heterocycles. The van der Waals surface area contributed by atoms with Gasteiger partial charge in [0.05, 0.1) is 5.69 Å². The van der Waals surface area contributed by atoms with E-state index in [1.807, 2.05) is 18.3 Å². The van der Waals surface area contributed by atoms with Crippen LogP contribution >= 0.6 is 11.6 Å². The minimum atomic E-state index is 0.760. The SMILES string of the molecule is CCCN(CC)Cc1nccc2c(C)n(-c3ccc(Cl)cc3)c(C)c12. The number of fused-ring (bicyclic) bond motifs is 1. The summed E-state index contributed by atoms with van der Waals surface area (Å²) in [5, 5.41) is 3.32. The molecule has 0 bridgehead atoms. The number of rotatable bonds is 6. The lowest BCUT2D eigenvalue weighted by Crippen LogP contribution is -2.24. The summed E-state index contributed by atoms with van der Waals surface area (Å²) in [6.45, 7) is 11.8. The van der Waals surface area contributed by atoms with Crippen LogP contribution in [-0.4, -0.2) is 27.5 Å². The molecule has 0 amide bonds. The summed E-state index contributed by atoms with van der Waals surface area (Å²) in [4.78, 5) is 7.18. The molecule has 0 atom stereocenters. The number of hydrogen-bond donors (Lipinski definition) is 0. The Bertz CT molecular complexity index is 865. The molecule has 0 aliphatic rings. The van der Waals surface area contributed by atoms with Crippen LogP contribution in [0.2, 0.25) is 5.02 Å². The molecule has 3 rings (SSSR count). The molecule has 2 aromatic heterocycles. The number of nitrogens with zero attached hydrogens (tertiary/aromatic N) is 3. The van der Waals surface area contributed by atoms with Gasteiger partial charge in [0.15, 0.2) is 0 Å². The summed E-state index contributed by atoms with van der Waals surface area (Å²) in [6, 6.07) is 10.2. The Kier molecular flexibility index (Phi) is 5.45. The highest BCUT2D eigenvalue weighted by atomic mass is 35.5. The van der Waals surface area contributed by atoms with Gasteiger partial charge in [-0.05, 0) is 63.7 Å². The largest absolute Gasteiger partial charge is 0.317 e. The van der Waals surface area contributed by atoms with Crippen molar-refractivity contribution in [1.82, 2.24) is 14.5 Å². The van der Waals surface area contributed by atoms with Crippen LogP contribution in [0.1, 0.15) is 37.4 Å². The first-order valence-corrected chi connectivity index (χ1v) is 9.38. The predicted molar refractivity (Wildman–Crippen MR) is 107 cm³/mol. The summed E-state index contributed by atoms with van der Waals surface area (Å²) in [6.07, 6.45) is 3.10. The minimum absolute atomic E-state index is 0.760. The van der Waals surface area contributed by atoms with Gasteiger partial charge in [0.2, 0.25) is 0 Å². The molecule has 25 heavy (non-hydrogen) atoms. The van der Waals surface area contributed by atoms with Gasteiger partial charge >= 0.3 is 0 Å². The van der Waals surface area contributed by atoms with Crippen LogP contribution in [0.5, 0.6) is 0 Å². The quantitative estimate of drug-likeness (QED) is 0.579. The molecule has 3 nitrogen and oxygen atoms in total. The van der Waals surface area contributed by atoms with Crippen molar-refractivity contribution >= 4 is 22.4 Å². The van der Waals surface area contributed by atoms with Gasteiger partial charge in [-0.3, -0.25) is 9.88 Å². The predicted octanol–water partition coefficient (Wildman–Crippen LogP) is 5.53. The van der Waals surface area contributed by atoms with E-state index in [1.165, 1.54) is 27.9 Å². The summed E-state index contributed by atoms with van der Waals surface area (Å²) in [7, 11) is 0. The maximum absolute atomic E-state index is 6.06. The van der Waals surface area contributed by atoms with Gasteiger partial charge in [-0.25, -0.2) is 0 Å². The number of halogens is 1. The van der Waals surface area contributed by atoms with E-state index < -0.39 is 0 Å². The summed E-state index contributed by atoms with van der Waals surface area (Å²) < 4.78 is 2.31. The summed E-state index contributed by atoms with van der Waals surface area (Å²) >= 11 is 6.06. The van der Waals surface area contributed by atoms with E-state index in [0.29, 0.717) is 0 Å². The first-order valence-electron chi connectivity index (χ1n) is 9.00. The molecule has 0 unspecified atom stereocenters. The topological polar surface area (TPSA) is 21.1 Å². The van der Waals surface area contributed by atoms with E-state index in [-0.39, 0.29) is 0 Å². The summed E-state index contributed by atoms with van der Waals surface area (Å²) in [5.41, 5.74) is 4.80. The van der Waals surface area contributed by atoms with Crippen LogP contribution in [0, 0.1) is 13.8 Å². The van der Waals surface area contributed by atoms with Crippen molar-refractivity contribution in [2.45, 2.75) is 40.7 Å². The fourth-order valence-corrected chi connectivity index (χ4v) is 3.79. The second kappa shape index (κ2) is 7.59. The zero-order chi connectivity index (χ0) is 18.0. The lowest BCUT2D eigenvalue weighted by Gasteiger charge is -2.19. The summed E-state index contributed by atoms with van der Waals surface area (Å²) in [5.74, 6) is 0. The number of benzene rings is 1. The second-order valence-electron chi connectivity index (χ2n) is 6.53. The van der Waals surface area contributed by atoms with E-state index in [1.54, 1.807) is 0 Å². The fraction of sp³-hybridized carbons (Fsp3) is 0.381. The van der Waals surface area contributed by atoms with Crippen molar-refractivity contribution in [2.75, 3.05) is 13.1 Å². The first kappa shape index (κ1) is 18.0. The average molecular weight is 356 g/mol. The van der Waals surface area contributed by atoms with Gasteiger partial charge in [0.1, 0.15) is 0 Å². The Balaban J connectivity index is 2.13. The molecular formula is C21H26ClN3. The van der Waals surface area contributed by atoms with Crippen molar-refractivity contribution in [3.63, 3.8) is 0 Å². The zero-order valence-electron chi connectivity index (χ0n) is 15.5. The van der Waals surface area contributed by atoms with Crippen LogP contribution < -0.4 is 0 Å². The van der Waals surface area contributed by atoms with Crippen LogP contribution in [-0.2, 0) is 6.54 Å². The molecule has 0 radical (unpaired) electrons. The maximum Gasteiger partial charge on any atom is 0.0640 e. The van der Waals surface area contributed by atoms with E-state index in [9.17, 15) is 0 Å². The van der Waals surface area contributed by atoms with Crippen LogP contribution in [0.4, 0.5) is 0 Å². The van der Waals surface area contributed by atoms with Crippen molar-refractivity contribution in [3.05, 3.63) is 58.6 Å². The third-order valence-electron chi connectivity index (χ3n) is 4.90. The standard InChI is InChI=1S/C21H26ClN3/c1-5-13-24(6-2)14-20-21-16(4)25(15(3)19(21)11-12-23-20)18-9-7-17(22)8-10-18/h7-12H,5-6,13-14H2,1-4H3. The molecule has 1 aromatic carbocycles. The molecule has 0 saturated carbocycles. The lowest BCUT2D eigenvalue weighted by molar-refractivity contribution is 0.278. The highest BCUT2D eigenvalue weighted by Gasteiger charge is 2.17. The van der Waals surface area contributed by atoms with Crippen LogP contribution in [0.25, 0.3) is 16.5 Å². The minimum Gasteiger partial charge on any atom is -0.317 e. The van der Waals surface area contributed by atoms with Crippen molar-refractivity contribution < 1.29 is 0 Å². The monoisotopic (exact) mass is 355 g/mol. The van der Waals surface area contributed by atoms with Crippen molar-refractivity contribution in [2.24, 2.45) is 0 Å². The van der Waals surface area contributed by atoms with Crippen LogP contribution in [0.15, 0.2) is 36.5 Å². The molecule has 132 valence electrons. The molecule has 2 heterocycles. The molecule has 0 spiro atoms. The molecule has 0 saturated heterocycles. The molecule has 0 N–H and O–H groups in total. The van der Waals surface area contributed by atoms with E-state index in [2.05, 4.69) is 55.4 Å². The van der Waals surface area contributed by atoms with E-state index in [0.717, 1.165) is 36.8 Å². The third kappa shape index (κ3) is 3.44. The van der Waals surface area contributed by atoms with Gasteiger partial charge in [-0.1, -0.05) is 25.4 Å². The number of aryl methyl sites for hydroxylation is 2. The highest BCUT2D eigenvalue weighted by molar-refractivity contribution is 6.30. The number of hydrogen-bond acceptors (Lipinski definition) is 2. The van der Waals surface area contributed by atoms with Gasteiger partial charge in [0, 0.05) is 45.6 Å². The number of pyridine rings is 1. The molecule has 3 aromatic rings. The first-order chi connectivity index (χ1) is 12.1.